The molecule has 0 spiro atoms. The fourth-order valence-electron chi connectivity index (χ4n) is 2.47. The number of ether oxygens (including phenoxy) is 1. The van der Waals surface area contributed by atoms with E-state index in [0.717, 1.165) is 18.1 Å². The average molecular weight is 241 g/mol. The van der Waals surface area contributed by atoms with Crippen LogP contribution >= 0.6 is 11.8 Å². The van der Waals surface area contributed by atoms with Gasteiger partial charge >= 0.3 is 0 Å². The summed E-state index contributed by atoms with van der Waals surface area (Å²) in [6.45, 7) is 0.871. The Morgan fingerprint density at radius 2 is 2.19 bits per heavy atom. The molecule has 0 aromatic heterocycles. The molecule has 92 valence electrons. The van der Waals surface area contributed by atoms with E-state index in [1.807, 2.05) is 11.8 Å². The molecule has 16 heavy (non-hydrogen) atoms. The first kappa shape index (κ1) is 12.5. The quantitative estimate of drug-likeness (QED) is 0.755. The summed E-state index contributed by atoms with van der Waals surface area (Å²) >= 11 is 1.97. The van der Waals surface area contributed by atoms with Gasteiger partial charge in [0, 0.05) is 11.5 Å². The highest BCUT2D eigenvalue weighted by Gasteiger charge is 2.24. The number of nitrogens with two attached hydrogens (primary N) is 1. The maximum Gasteiger partial charge on any atom is 0.0854 e. The summed E-state index contributed by atoms with van der Waals surface area (Å²) < 4.78 is 5.78. The smallest absolute Gasteiger partial charge is 0.0854 e. The Morgan fingerprint density at radius 3 is 3.00 bits per heavy atom. The second kappa shape index (κ2) is 6.67. The van der Waals surface area contributed by atoms with Crippen molar-refractivity contribution in [2.24, 2.45) is 5.73 Å². The van der Waals surface area contributed by atoms with Gasteiger partial charge in [-0.1, -0.05) is 24.5 Å². The van der Waals surface area contributed by atoms with Gasteiger partial charge in [-0.3, -0.25) is 0 Å². The third kappa shape index (κ3) is 3.51. The molecule has 0 bridgehead atoms. The van der Waals surface area contributed by atoms with Crippen LogP contribution in [-0.2, 0) is 4.74 Å². The maximum absolute atomic E-state index is 6.34. The van der Waals surface area contributed by atoms with Crippen LogP contribution in [0.5, 0.6) is 0 Å². The molecule has 2 unspecified atom stereocenters. The van der Waals surface area contributed by atoms with Crippen molar-refractivity contribution in [3.8, 4) is 0 Å². The second-order valence-electron chi connectivity index (χ2n) is 4.74. The minimum atomic E-state index is 0.144. The Labute approximate surface area is 103 Å². The molecule has 0 aromatic rings. The van der Waals surface area contributed by atoms with Crippen LogP contribution in [0.2, 0.25) is 0 Å². The number of rotatable bonds is 2. The Kier molecular flexibility index (Phi) is 5.20. The van der Waals surface area contributed by atoms with Gasteiger partial charge in [0.25, 0.3) is 0 Å². The zero-order valence-corrected chi connectivity index (χ0v) is 10.8. The third-order valence-corrected chi connectivity index (χ3v) is 4.52. The lowest BCUT2D eigenvalue weighted by Gasteiger charge is -2.30. The molecule has 1 fully saturated rings. The van der Waals surface area contributed by atoms with Crippen molar-refractivity contribution >= 4 is 11.8 Å². The summed E-state index contributed by atoms with van der Waals surface area (Å²) in [5, 5.41) is 0. The summed E-state index contributed by atoms with van der Waals surface area (Å²) in [5.74, 6) is 2.20. The van der Waals surface area contributed by atoms with Gasteiger partial charge < -0.3 is 10.5 Å². The van der Waals surface area contributed by atoms with E-state index in [0.29, 0.717) is 0 Å². The molecule has 2 rings (SSSR count). The maximum atomic E-state index is 6.34. The van der Waals surface area contributed by atoms with E-state index in [2.05, 4.69) is 6.08 Å². The predicted molar refractivity (Wildman–Crippen MR) is 70.8 cm³/mol. The molecule has 1 heterocycles. The van der Waals surface area contributed by atoms with Gasteiger partial charge in [0.2, 0.25) is 0 Å². The van der Waals surface area contributed by atoms with Crippen molar-refractivity contribution < 1.29 is 4.74 Å². The van der Waals surface area contributed by atoms with Crippen LogP contribution in [0.25, 0.3) is 0 Å². The summed E-state index contributed by atoms with van der Waals surface area (Å²) in [6.07, 6.45) is 10.4. The largest absolute Gasteiger partial charge is 0.375 e. The van der Waals surface area contributed by atoms with Crippen molar-refractivity contribution in [2.75, 3.05) is 18.1 Å². The molecule has 0 saturated carbocycles. The Morgan fingerprint density at radius 1 is 1.31 bits per heavy atom. The number of allylic oxidation sites excluding steroid dienone is 1. The average Bonchev–Trinajstić information content (AvgIpc) is 2.29. The molecule has 2 aliphatic rings. The van der Waals surface area contributed by atoms with E-state index in [1.54, 1.807) is 0 Å². The molecule has 2 nitrogen and oxygen atoms in total. The molecule has 1 saturated heterocycles. The predicted octanol–water partition coefficient (Wildman–Crippen LogP) is 2.73. The summed E-state index contributed by atoms with van der Waals surface area (Å²) in [7, 11) is 0. The molecule has 3 heteroatoms. The molecule has 2 N–H and O–H groups in total. The summed E-state index contributed by atoms with van der Waals surface area (Å²) in [6, 6.07) is 0.144. The molecular formula is C13H23NOS. The zero-order valence-electron chi connectivity index (χ0n) is 9.99. The van der Waals surface area contributed by atoms with Crippen molar-refractivity contribution in [3.63, 3.8) is 0 Å². The highest BCUT2D eigenvalue weighted by molar-refractivity contribution is 7.99. The Bertz CT molecular complexity index is 236. The van der Waals surface area contributed by atoms with Crippen molar-refractivity contribution in [1.29, 1.82) is 0 Å². The van der Waals surface area contributed by atoms with Crippen LogP contribution in [0.3, 0.4) is 0 Å². The molecule has 1 aliphatic heterocycles. The van der Waals surface area contributed by atoms with E-state index in [-0.39, 0.29) is 12.1 Å². The van der Waals surface area contributed by atoms with E-state index in [9.17, 15) is 0 Å². The standard InChI is InChI=1S/C13H23NOS/c14-13(12-10-16-9-8-15-12)11-6-4-2-1-3-5-7-11/h6,12-13H,1-5,7-10,14H2. The van der Waals surface area contributed by atoms with Crippen LogP contribution in [0.4, 0.5) is 0 Å². The highest BCUT2D eigenvalue weighted by Crippen LogP contribution is 2.24. The first-order valence-electron chi connectivity index (χ1n) is 6.52. The molecule has 1 aliphatic carbocycles. The van der Waals surface area contributed by atoms with Gasteiger partial charge in [0.05, 0.1) is 18.8 Å². The summed E-state index contributed by atoms with van der Waals surface area (Å²) in [5.41, 5.74) is 7.79. The topological polar surface area (TPSA) is 35.2 Å². The first-order chi connectivity index (χ1) is 7.88. The molecule has 0 radical (unpaired) electrons. The van der Waals surface area contributed by atoms with E-state index >= 15 is 0 Å². The molecule has 0 aromatic carbocycles. The van der Waals surface area contributed by atoms with Gasteiger partial charge in [0.15, 0.2) is 0 Å². The number of thioether (sulfide) groups is 1. The van der Waals surface area contributed by atoms with Crippen molar-refractivity contribution in [3.05, 3.63) is 11.6 Å². The zero-order chi connectivity index (χ0) is 11.2. The van der Waals surface area contributed by atoms with Gasteiger partial charge in [-0.15, -0.1) is 0 Å². The SMILES string of the molecule is NC(C1=CCCCCCC1)C1CSCCO1. The van der Waals surface area contributed by atoms with Gasteiger partial charge in [-0.25, -0.2) is 0 Å². The number of hydrogen-bond acceptors (Lipinski definition) is 3. The third-order valence-electron chi connectivity index (χ3n) is 3.50. The van der Waals surface area contributed by atoms with Gasteiger partial charge in [-0.05, 0) is 25.7 Å². The highest BCUT2D eigenvalue weighted by atomic mass is 32.2. The number of hydrogen-bond donors (Lipinski definition) is 1. The van der Waals surface area contributed by atoms with Gasteiger partial charge in [-0.2, -0.15) is 11.8 Å². The van der Waals surface area contributed by atoms with Crippen molar-refractivity contribution in [2.45, 2.75) is 50.7 Å². The fourth-order valence-corrected chi connectivity index (χ4v) is 3.39. The lowest BCUT2D eigenvalue weighted by atomic mass is 9.93. The normalized spacial score (nSPS) is 30.1. The first-order valence-corrected chi connectivity index (χ1v) is 7.67. The Hall–Kier alpha value is 0.01000. The second-order valence-corrected chi connectivity index (χ2v) is 5.89. The fraction of sp³-hybridized carbons (Fsp3) is 0.846. The van der Waals surface area contributed by atoms with E-state index in [4.69, 9.17) is 10.5 Å². The Balaban J connectivity index is 1.92. The van der Waals surface area contributed by atoms with Crippen LogP contribution in [0.15, 0.2) is 11.6 Å². The molecule has 0 amide bonds. The van der Waals surface area contributed by atoms with Crippen molar-refractivity contribution in [1.82, 2.24) is 0 Å². The van der Waals surface area contributed by atoms with E-state index < -0.39 is 0 Å². The minimum absolute atomic E-state index is 0.144. The van der Waals surface area contributed by atoms with Crippen LogP contribution in [-0.4, -0.2) is 30.3 Å². The van der Waals surface area contributed by atoms with Gasteiger partial charge in [0.1, 0.15) is 0 Å². The van der Waals surface area contributed by atoms with E-state index in [1.165, 1.54) is 44.1 Å². The van der Waals surface area contributed by atoms with Crippen LogP contribution in [0.1, 0.15) is 38.5 Å². The monoisotopic (exact) mass is 241 g/mol. The van der Waals surface area contributed by atoms with Crippen LogP contribution < -0.4 is 5.73 Å². The molecular weight excluding hydrogens is 218 g/mol. The van der Waals surface area contributed by atoms with Crippen LogP contribution in [0, 0.1) is 0 Å². The molecule has 2 atom stereocenters. The lowest BCUT2D eigenvalue weighted by molar-refractivity contribution is 0.0640. The minimum Gasteiger partial charge on any atom is -0.375 e. The summed E-state index contributed by atoms with van der Waals surface area (Å²) in [4.78, 5) is 0. The lowest BCUT2D eigenvalue weighted by Crippen LogP contribution is -2.42.